The van der Waals surface area contributed by atoms with E-state index >= 15 is 0 Å². The molecule has 0 bridgehead atoms. The summed E-state index contributed by atoms with van der Waals surface area (Å²) in [7, 11) is 1.96. The standard InChI is InChI=1S/C13H20N6/c1-17-7-12(6-15-17)8-18-5-3-2-4-13(18)9-19-11-14-10-16-19/h6-7,10-11,13H,2-5,8-9H2,1H3/t13-/m0/s1. The Morgan fingerprint density at radius 2 is 2.26 bits per heavy atom. The summed E-state index contributed by atoms with van der Waals surface area (Å²) in [6.07, 6.45) is 11.3. The summed E-state index contributed by atoms with van der Waals surface area (Å²) >= 11 is 0. The van der Waals surface area contributed by atoms with Crippen LogP contribution in [0.4, 0.5) is 0 Å². The maximum Gasteiger partial charge on any atom is 0.137 e. The van der Waals surface area contributed by atoms with Gasteiger partial charge in [-0.05, 0) is 19.4 Å². The van der Waals surface area contributed by atoms with E-state index in [1.54, 1.807) is 12.7 Å². The highest BCUT2D eigenvalue weighted by atomic mass is 15.3. The second kappa shape index (κ2) is 5.52. The Balaban J connectivity index is 1.66. The maximum atomic E-state index is 4.25. The molecule has 0 saturated carbocycles. The van der Waals surface area contributed by atoms with Crippen molar-refractivity contribution in [2.24, 2.45) is 7.05 Å². The fourth-order valence-corrected chi connectivity index (χ4v) is 2.81. The molecule has 1 aliphatic rings. The van der Waals surface area contributed by atoms with Gasteiger partial charge in [0.05, 0.1) is 12.7 Å². The first-order valence-electron chi connectivity index (χ1n) is 6.85. The molecule has 3 rings (SSSR count). The lowest BCUT2D eigenvalue weighted by molar-refractivity contribution is 0.122. The second-order valence-corrected chi connectivity index (χ2v) is 5.26. The molecule has 1 fully saturated rings. The molecule has 0 amide bonds. The Labute approximate surface area is 113 Å². The molecule has 0 unspecified atom stereocenters. The van der Waals surface area contributed by atoms with Crippen LogP contribution in [0.25, 0.3) is 0 Å². The fraction of sp³-hybridized carbons (Fsp3) is 0.615. The zero-order chi connectivity index (χ0) is 13.1. The molecule has 1 saturated heterocycles. The molecule has 0 spiro atoms. The summed E-state index contributed by atoms with van der Waals surface area (Å²) in [6.45, 7) is 3.07. The van der Waals surface area contributed by atoms with Crippen LogP contribution in [0, 0.1) is 0 Å². The highest BCUT2D eigenvalue weighted by Gasteiger charge is 2.23. The van der Waals surface area contributed by atoms with E-state index < -0.39 is 0 Å². The zero-order valence-corrected chi connectivity index (χ0v) is 11.3. The highest BCUT2D eigenvalue weighted by molar-refractivity contribution is 5.04. The number of likely N-dealkylation sites (tertiary alicyclic amines) is 1. The van der Waals surface area contributed by atoms with Gasteiger partial charge in [0.15, 0.2) is 0 Å². The number of nitrogens with zero attached hydrogens (tertiary/aromatic N) is 6. The quantitative estimate of drug-likeness (QED) is 0.825. The summed E-state index contributed by atoms with van der Waals surface area (Å²) in [6, 6.07) is 0.552. The highest BCUT2D eigenvalue weighted by Crippen LogP contribution is 2.20. The van der Waals surface area contributed by atoms with Gasteiger partial charge in [0.2, 0.25) is 0 Å². The van der Waals surface area contributed by atoms with Crippen LogP contribution in [0.15, 0.2) is 25.0 Å². The van der Waals surface area contributed by atoms with Crippen molar-refractivity contribution in [3.63, 3.8) is 0 Å². The first kappa shape index (κ1) is 12.3. The van der Waals surface area contributed by atoms with E-state index in [0.29, 0.717) is 6.04 Å². The van der Waals surface area contributed by atoms with E-state index in [1.165, 1.54) is 24.8 Å². The molecule has 0 aliphatic carbocycles. The number of rotatable bonds is 4. The van der Waals surface area contributed by atoms with Gasteiger partial charge in [-0.3, -0.25) is 14.3 Å². The van der Waals surface area contributed by atoms with Gasteiger partial charge in [0.25, 0.3) is 0 Å². The molecule has 3 heterocycles. The Kier molecular flexibility index (Phi) is 3.59. The zero-order valence-electron chi connectivity index (χ0n) is 11.3. The number of piperidine rings is 1. The normalized spacial score (nSPS) is 20.8. The number of aryl methyl sites for hydroxylation is 1. The summed E-state index contributed by atoms with van der Waals surface area (Å²) < 4.78 is 3.80. The fourth-order valence-electron chi connectivity index (χ4n) is 2.81. The molecule has 2 aromatic heterocycles. The van der Waals surface area contributed by atoms with Gasteiger partial charge in [0, 0.05) is 31.4 Å². The van der Waals surface area contributed by atoms with Crippen molar-refractivity contribution in [3.05, 3.63) is 30.6 Å². The van der Waals surface area contributed by atoms with Crippen molar-refractivity contribution >= 4 is 0 Å². The van der Waals surface area contributed by atoms with Crippen molar-refractivity contribution in [1.29, 1.82) is 0 Å². The Hall–Kier alpha value is -1.69. The van der Waals surface area contributed by atoms with Crippen molar-refractivity contribution < 1.29 is 0 Å². The molecule has 102 valence electrons. The molecule has 2 aromatic rings. The van der Waals surface area contributed by atoms with Crippen LogP contribution < -0.4 is 0 Å². The van der Waals surface area contributed by atoms with E-state index in [0.717, 1.165) is 19.6 Å². The van der Waals surface area contributed by atoms with Crippen molar-refractivity contribution in [1.82, 2.24) is 29.4 Å². The topological polar surface area (TPSA) is 51.8 Å². The van der Waals surface area contributed by atoms with Gasteiger partial charge in [-0.25, -0.2) is 4.98 Å². The predicted molar refractivity (Wildman–Crippen MR) is 71.3 cm³/mol. The molecule has 6 heteroatoms. The van der Waals surface area contributed by atoms with Crippen LogP contribution in [-0.2, 0) is 20.1 Å². The van der Waals surface area contributed by atoms with Crippen LogP contribution in [0.3, 0.4) is 0 Å². The monoisotopic (exact) mass is 260 g/mol. The van der Waals surface area contributed by atoms with Gasteiger partial charge in [0.1, 0.15) is 12.7 Å². The molecule has 19 heavy (non-hydrogen) atoms. The number of hydrogen-bond acceptors (Lipinski definition) is 4. The van der Waals surface area contributed by atoms with Gasteiger partial charge < -0.3 is 0 Å². The summed E-state index contributed by atoms with van der Waals surface area (Å²) in [5, 5.41) is 8.46. The molecule has 6 nitrogen and oxygen atoms in total. The van der Waals surface area contributed by atoms with Crippen LogP contribution >= 0.6 is 0 Å². The van der Waals surface area contributed by atoms with Crippen LogP contribution in [0.2, 0.25) is 0 Å². The molecular formula is C13H20N6. The van der Waals surface area contributed by atoms with E-state index in [1.807, 2.05) is 22.6 Å². The smallest absolute Gasteiger partial charge is 0.137 e. The second-order valence-electron chi connectivity index (χ2n) is 5.26. The largest absolute Gasteiger partial charge is 0.294 e. The third-order valence-electron chi connectivity index (χ3n) is 3.76. The average Bonchev–Trinajstić information content (AvgIpc) is 3.04. The van der Waals surface area contributed by atoms with E-state index in [2.05, 4.69) is 26.3 Å². The third kappa shape index (κ3) is 3.01. The minimum Gasteiger partial charge on any atom is -0.294 e. The SMILES string of the molecule is Cn1cc(CN2CCCC[C@H]2Cn2cncn2)cn1. The van der Waals surface area contributed by atoms with E-state index in [4.69, 9.17) is 0 Å². The van der Waals surface area contributed by atoms with E-state index in [-0.39, 0.29) is 0 Å². The first-order chi connectivity index (χ1) is 9.31. The lowest BCUT2D eigenvalue weighted by Crippen LogP contribution is -2.41. The van der Waals surface area contributed by atoms with Crippen LogP contribution in [0.1, 0.15) is 24.8 Å². The number of aromatic nitrogens is 5. The summed E-state index contributed by atoms with van der Waals surface area (Å²) in [5.74, 6) is 0. The molecule has 0 N–H and O–H groups in total. The molecule has 1 atom stereocenters. The maximum absolute atomic E-state index is 4.25. The Bertz CT molecular complexity index is 503. The minimum absolute atomic E-state index is 0.552. The molecule has 0 radical (unpaired) electrons. The lowest BCUT2D eigenvalue weighted by atomic mass is 10.0. The van der Waals surface area contributed by atoms with Gasteiger partial charge in [-0.15, -0.1) is 0 Å². The third-order valence-corrected chi connectivity index (χ3v) is 3.76. The average molecular weight is 260 g/mol. The first-order valence-corrected chi connectivity index (χ1v) is 6.85. The van der Waals surface area contributed by atoms with Crippen molar-refractivity contribution in [2.45, 2.75) is 38.4 Å². The molecule has 1 aliphatic heterocycles. The summed E-state index contributed by atoms with van der Waals surface area (Å²) in [5.41, 5.74) is 1.29. The van der Waals surface area contributed by atoms with Gasteiger partial charge in [-0.2, -0.15) is 10.2 Å². The van der Waals surface area contributed by atoms with Gasteiger partial charge >= 0.3 is 0 Å². The van der Waals surface area contributed by atoms with E-state index in [9.17, 15) is 0 Å². The Morgan fingerprint density at radius 1 is 1.32 bits per heavy atom. The van der Waals surface area contributed by atoms with Crippen LogP contribution in [-0.4, -0.2) is 42.0 Å². The van der Waals surface area contributed by atoms with Crippen LogP contribution in [0.5, 0.6) is 0 Å². The van der Waals surface area contributed by atoms with Crippen molar-refractivity contribution in [3.8, 4) is 0 Å². The predicted octanol–water partition coefficient (Wildman–Crippen LogP) is 1.07. The lowest BCUT2D eigenvalue weighted by Gasteiger charge is -2.35. The molecule has 0 aromatic carbocycles. The number of hydrogen-bond donors (Lipinski definition) is 0. The summed E-state index contributed by atoms with van der Waals surface area (Å²) in [4.78, 5) is 6.56. The molecular weight excluding hydrogens is 240 g/mol. The van der Waals surface area contributed by atoms with Gasteiger partial charge in [-0.1, -0.05) is 6.42 Å². The minimum atomic E-state index is 0.552. The van der Waals surface area contributed by atoms with Crippen molar-refractivity contribution in [2.75, 3.05) is 6.54 Å². The Morgan fingerprint density at radius 3 is 3.00 bits per heavy atom.